The summed E-state index contributed by atoms with van der Waals surface area (Å²) < 4.78 is 5.23. The maximum absolute atomic E-state index is 13.3. The number of amides is 3. The number of hydrogen-bond acceptors (Lipinski definition) is 9. The van der Waals surface area contributed by atoms with Crippen molar-refractivity contribution in [3.8, 4) is 0 Å². The number of nitro benzene ring substituents is 2. The second-order valence-electron chi connectivity index (χ2n) is 9.19. The van der Waals surface area contributed by atoms with Gasteiger partial charge in [0.2, 0.25) is 11.8 Å². The Kier molecular flexibility index (Phi) is 8.66. The fourth-order valence-corrected chi connectivity index (χ4v) is 4.14. The number of hydrogen-bond donors (Lipinski definition) is 3. The first-order valence-corrected chi connectivity index (χ1v) is 12.4. The van der Waals surface area contributed by atoms with Crippen LogP contribution in [-0.4, -0.2) is 40.2 Å². The van der Waals surface area contributed by atoms with Crippen LogP contribution in [0.5, 0.6) is 0 Å². The van der Waals surface area contributed by atoms with E-state index >= 15 is 0 Å². The highest BCUT2D eigenvalue weighted by molar-refractivity contribution is 6.00. The third-order valence-corrected chi connectivity index (χ3v) is 6.15. The number of anilines is 1. The molecule has 0 unspecified atom stereocenters. The Hall–Kier alpha value is -5.92. The summed E-state index contributed by atoms with van der Waals surface area (Å²) in [7, 11) is 0. The largest absolute Gasteiger partial charge is 0.423 e. The molecule has 0 spiro atoms. The van der Waals surface area contributed by atoms with Crippen molar-refractivity contribution in [2.75, 3.05) is 11.9 Å². The summed E-state index contributed by atoms with van der Waals surface area (Å²) >= 11 is 0. The lowest BCUT2D eigenvalue weighted by Crippen LogP contribution is -2.48. The Balaban J connectivity index is 1.48. The molecule has 4 aromatic rings. The molecule has 0 fully saturated rings. The van der Waals surface area contributed by atoms with Crippen molar-refractivity contribution in [1.82, 2.24) is 10.6 Å². The number of aryl methyl sites for hydroxylation is 1. The highest BCUT2D eigenvalue weighted by Gasteiger charge is 2.24. The molecule has 42 heavy (non-hydrogen) atoms. The van der Waals surface area contributed by atoms with Crippen molar-refractivity contribution in [3.63, 3.8) is 0 Å². The highest BCUT2D eigenvalue weighted by Crippen LogP contribution is 2.23. The molecule has 214 valence electrons. The van der Waals surface area contributed by atoms with Gasteiger partial charge in [-0.2, -0.15) is 0 Å². The first-order valence-electron chi connectivity index (χ1n) is 12.4. The molecule has 0 aliphatic heterocycles. The van der Waals surface area contributed by atoms with E-state index in [4.69, 9.17) is 4.42 Å². The van der Waals surface area contributed by atoms with E-state index in [-0.39, 0.29) is 17.6 Å². The van der Waals surface area contributed by atoms with E-state index in [2.05, 4.69) is 16.0 Å². The molecule has 0 aliphatic rings. The van der Waals surface area contributed by atoms with Gasteiger partial charge in [0.15, 0.2) is 0 Å². The normalized spacial score (nSPS) is 11.4. The van der Waals surface area contributed by atoms with Crippen LogP contribution in [0.4, 0.5) is 17.1 Å². The fourth-order valence-electron chi connectivity index (χ4n) is 4.14. The van der Waals surface area contributed by atoms with Gasteiger partial charge in [0.05, 0.1) is 28.0 Å². The third kappa shape index (κ3) is 7.18. The van der Waals surface area contributed by atoms with Gasteiger partial charge < -0.3 is 20.4 Å². The summed E-state index contributed by atoms with van der Waals surface area (Å²) in [4.78, 5) is 70.8. The molecule has 0 bridgehead atoms. The zero-order valence-electron chi connectivity index (χ0n) is 22.0. The van der Waals surface area contributed by atoms with Crippen LogP contribution in [-0.2, 0) is 16.0 Å². The molecule has 1 aromatic heterocycles. The van der Waals surface area contributed by atoms with Gasteiger partial charge in [-0.1, -0.05) is 30.3 Å². The number of fused-ring (bicyclic) bond motifs is 1. The minimum Gasteiger partial charge on any atom is -0.423 e. The summed E-state index contributed by atoms with van der Waals surface area (Å²) in [5.41, 5.74) is -0.247. The molecule has 14 heteroatoms. The molecule has 4 rings (SSSR count). The Morgan fingerprint density at radius 3 is 2.21 bits per heavy atom. The molecular formula is C28H23N5O9. The molecule has 3 aromatic carbocycles. The van der Waals surface area contributed by atoms with Crippen LogP contribution in [0.25, 0.3) is 11.0 Å². The van der Waals surface area contributed by atoms with Crippen molar-refractivity contribution in [2.24, 2.45) is 0 Å². The van der Waals surface area contributed by atoms with Gasteiger partial charge in [-0.25, -0.2) is 4.79 Å². The lowest BCUT2D eigenvalue weighted by atomic mass is 10.0. The zero-order chi connectivity index (χ0) is 30.4. The number of carbonyl (C=O) groups is 3. The van der Waals surface area contributed by atoms with Crippen LogP contribution in [0.15, 0.2) is 82.0 Å². The molecule has 1 heterocycles. The Morgan fingerprint density at radius 2 is 1.57 bits per heavy atom. The van der Waals surface area contributed by atoms with Gasteiger partial charge in [0.25, 0.3) is 17.3 Å². The topological polar surface area (TPSA) is 204 Å². The van der Waals surface area contributed by atoms with Crippen LogP contribution in [0.2, 0.25) is 0 Å². The molecule has 3 amide bonds. The molecule has 0 saturated heterocycles. The number of rotatable bonds is 10. The number of benzene rings is 3. The summed E-state index contributed by atoms with van der Waals surface area (Å²) in [5.74, 6) is -2.32. The van der Waals surface area contributed by atoms with E-state index in [1.807, 2.05) is 0 Å². The average molecular weight is 574 g/mol. The van der Waals surface area contributed by atoms with E-state index in [9.17, 15) is 39.4 Å². The van der Waals surface area contributed by atoms with Crippen molar-refractivity contribution >= 4 is 45.8 Å². The number of nitrogens with zero attached hydrogens (tertiary/aromatic N) is 2. The number of nitro groups is 2. The van der Waals surface area contributed by atoms with E-state index in [0.717, 1.165) is 17.7 Å². The smallest absolute Gasteiger partial charge is 0.336 e. The lowest BCUT2D eigenvalue weighted by Gasteiger charge is -2.19. The molecule has 1 atom stereocenters. The first kappa shape index (κ1) is 29.1. The Labute approximate surface area is 236 Å². The Bertz CT molecular complexity index is 1740. The van der Waals surface area contributed by atoms with E-state index in [1.165, 1.54) is 12.1 Å². The van der Waals surface area contributed by atoms with Crippen molar-refractivity contribution < 1.29 is 28.6 Å². The number of nitrogens with one attached hydrogen (secondary N) is 3. The summed E-state index contributed by atoms with van der Waals surface area (Å²) in [6.45, 7) is 1.12. The maximum Gasteiger partial charge on any atom is 0.336 e. The number of non-ortho nitro benzene ring substituents is 2. The highest BCUT2D eigenvalue weighted by atomic mass is 16.6. The van der Waals surface area contributed by atoms with Crippen LogP contribution in [0.3, 0.4) is 0 Å². The van der Waals surface area contributed by atoms with E-state index in [1.54, 1.807) is 49.4 Å². The maximum atomic E-state index is 13.3. The summed E-state index contributed by atoms with van der Waals surface area (Å²) in [6.07, 6.45) is 0.0885. The van der Waals surface area contributed by atoms with Gasteiger partial charge in [0.1, 0.15) is 11.6 Å². The monoisotopic (exact) mass is 573 g/mol. The van der Waals surface area contributed by atoms with Crippen LogP contribution in [0, 0.1) is 27.2 Å². The zero-order valence-corrected chi connectivity index (χ0v) is 22.0. The predicted octanol–water partition coefficient (Wildman–Crippen LogP) is 3.01. The second-order valence-corrected chi connectivity index (χ2v) is 9.19. The molecule has 0 radical (unpaired) electrons. The van der Waals surface area contributed by atoms with Crippen LogP contribution < -0.4 is 21.6 Å². The van der Waals surface area contributed by atoms with Gasteiger partial charge in [-0.3, -0.25) is 34.6 Å². The first-order chi connectivity index (χ1) is 20.0. The molecular weight excluding hydrogens is 550 g/mol. The minimum atomic E-state index is -1.10. The van der Waals surface area contributed by atoms with Crippen LogP contribution >= 0.6 is 0 Å². The summed E-state index contributed by atoms with van der Waals surface area (Å²) in [6, 6.07) is 16.3. The van der Waals surface area contributed by atoms with Crippen molar-refractivity contribution in [2.45, 2.75) is 19.4 Å². The van der Waals surface area contributed by atoms with Gasteiger partial charge >= 0.3 is 5.63 Å². The minimum absolute atomic E-state index is 0.0885. The van der Waals surface area contributed by atoms with Crippen molar-refractivity contribution in [3.05, 3.63) is 120 Å². The average Bonchev–Trinajstić information content (AvgIpc) is 2.95. The Morgan fingerprint density at radius 1 is 0.905 bits per heavy atom. The van der Waals surface area contributed by atoms with Crippen LogP contribution in [0.1, 0.15) is 21.5 Å². The second kappa shape index (κ2) is 12.5. The molecule has 3 N–H and O–H groups in total. The quantitative estimate of drug-likeness (QED) is 0.145. The standard InChI is InChI=1S/C28H23N5O9/c1-16-9-26(35)42-24-13-19(7-8-22(16)24)30-28(37)23(10-17-5-3-2-4-6-17)31-25(34)15-29-27(36)18-11-20(32(38)39)14-21(12-18)33(40)41/h2-9,11-14,23H,10,15H2,1H3,(H,29,36)(H,30,37)(H,31,34)/t23-/m0/s1. The lowest BCUT2D eigenvalue weighted by molar-refractivity contribution is -0.394. The van der Waals surface area contributed by atoms with Gasteiger partial charge in [-0.15, -0.1) is 0 Å². The predicted molar refractivity (Wildman–Crippen MR) is 150 cm³/mol. The van der Waals surface area contributed by atoms with Gasteiger partial charge in [-0.05, 0) is 30.2 Å². The number of carbonyl (C=O) groups excluding carboxylic acids is 3. The van der Waals surface area contributed by atoms with E-state index in [0.29, 0.717) is 22.7 Å². The molecule has 0 aliphatic carbocycles. The summed E-state index contributed by atoms with van der Waals surface area (Å²) in [5, 5.41) is 30.4. The van der Waals surface area contributed by atoms with Gasteiger partial charge in [0, 0.05) is 41.8 Å². The fraction of sp³-hybridized carbons (Fsp3) is 0.143. The molecule has 0 saturated carbocycles. The third-order valence-electron chi connectivity index (χ3n) is 6.15. The molecule has 14 nitrogen and oxygen atoms in total. The van der Waals surface area contributed by atoms with E-state index < -0.39 is 57.2 Å². The van der Waals surface area contributed by atoms with Crippen molar-refractivity contribution in [1.29, 1.82) is 0 Å². The SMILES string of the molecule is Cc1cc(=O)oc2cc(NC(=O)[C@H](Cc3ccccc3)NC(=O)CNC(=O)c3cc([N+](=O)[O-])cc([N+](=O)[O-])c3)ccc12.